The number of fused-ring (bicyclic) bond motifs is 1. The minimum atomic E-state index is -0.443. The number of nitro groups is 1. The predicted molar refractivity (Wildman–Crippen MR) is 94.5 cm³/mol. The Kier molecular flexibility index (Phi) is 3.91. The van der Waals surface area contributed by atoms with Gasteiger partial charge in [-0.25, -0.2) is 0 Å². The van der Waals surface area contributed by atoms with Crippen molar-refractivity contribution in [2.75, 3.05) is 0 Å². The number of aromatic nitrogens is 2. The maximum Gasteiger partial charge on any atom is 0.290 e. The van der Waals surface area contributed by atoms with Gasteiger partial charge >= 0.3 is 0 Å². The molecule has 7 heteroatoms. The van der Waals surface area contributed by atoms with Crippen molar-refractivity contribution in [2.24, 2.45) is 0 Å². The molecule has 0 spiro atoms. The summed E-state index contributed by atoms with van der Waals surface area (Å²) in [5, 5.41) is 17.4. The number of rotatable bonds is 4. The lowest BCUT2D eigenvalue weighted by molar-refractivity contribution is -0.384. The van der Waals surface area contributed by atoms with Crippen molar-refractivity contribution in [3.8, 4) is 11.4 Å². The molecule has 4 aromatic rings. The highest BCUT2D eigenvalue weighted by Crippen LogP contribution is 2.33. The van der Waals surface area contributed by atoms with E-state index >= 15 is 0 Å². The van der Waals surface area contributed by atoms with E-state index in [1.807, 2.05) is 30.3 Å². The Labute approximate surface area is 146 Å². The maximum atomic E-state index is 10.7. The van der Waals surface area contributed by atoms with Crippen molar-refractivity contribution in [2.45, 2.75) is 10.1 Å². The van der Waals surface area contributed by atoms with Crippen molar-refractivity contribution in [3.63, 3.8) is 0 Å². The monoisotopic (exact) mass is 349 g/mol. The van der Waals surface area contributed by atoms with Gasteiger partial charge in [-0.3, -0.25) is 10.1 Å². The molecule has 0 N–H and O–H groups in total. The van der Waals surface area contributed by atoms with Crippen LogP contribution in [0.3, 0.4) is 0 Å². The van der Waals surface area contributed by atoms with E-state index in [0.29, 0.717) is 16.6 Å². The molecule has 0 saturated heterocycles. The topological polar surface area (TPSA) is 82.1 Å². The van der Waals surface area contributed by atoms with Crippen molar-refractivity contribution in [1.29, 1.82) is 0 Å². The van der Waals surface area contributed by atoms with E-state index in [4.69, 9.17) is 4.52 Å². The molecule has 0 bridgehead atoms. The summed E-state index contributed by atoms with van der Waals surface area (Å²) in [4.78, 5) is 15.7. The van der Waals surface area contributed by atoms with Crippen molar-refractivity contribution in [1.82, 2.24) is 10.1 Å². The Morgan fingerprint density at radius 3 is 2.52 bits per heavy atom. The maximum absolute atomic E-state index is 10.7. The third-order valence-corrected chi connectivity index (χ3v) is 4.61. The molecule has 1 aromatic heterocycles. The van der Waals surface area contributed by atoms with Gasteiger partial charge in [-0.2, -0.15) is 4.98 Å². The van der Waals surface area contributed by atoms with E-state index in [1.54, 1.807) is 12.1 Å². The summed E-state index contributed by atoms with van der Waals surface area (Å²) in [5.41, 5.74) is 0.691. The van der Waals surface area contributed by atoms with E-state index in [1.165, 1.54) is 23.9 Å². The van der Waals surface area contributed by atoms with E-state index in [-0.39, 0.29) is 5.69 Å². The quantitative estimate of drug-likeness (QED) is 0.383. The van der Waals surface area contributed by atoms with Crippen molar-refractivity contribution in [3.05, 3.63) is 76.8 Å². The van der Waals surface area contributed by atoms with Crippen LogP contribution in [0, 0.1) is 10.1 Å². The van der Waals surface area contributed by atoms with Crippen LogP contribution in [0.2, 0.25) is 0 Å². The van der Waals surface area contributed by atoms with Gasteiger partial charge in [-0.05, 0) is 40.7 Å². The van der Waals surface area contributed by atoms with Crippen LogP contribution in [0.5, 0.6) is 0 Å². The third kappa shape index (κ3) is 3.09. The Bertz CT molecular complexity index is 1060. The van der Waals surface area contributed by atoms with Gasteiger partial charge in [0.05, 0.1) is 4.92 Å². The molecule has 122 valence electrons. The molecule has 0 saturated carbocycles. The number of nitro benzene ring substituents is 1. The Morgan fingerprint density at radius 2 is 1.72 bits per heavy atom. The first-order valence-electron chi connectivity index (χ1n) is 7.45. The lowest BCUT2D eigenvalue weighted by atomic mass is 10.1. The molecular formula is C18H11N3O3S. The molecule has 25 heavy (non-hydrogen) atoms. The number of hydrogen-bond acceptors (Lipinski definition) is 6. The van der Waals surface area contributed by atoms with Gasteiger partial charge in [-0.15, -0.1) is 0 Å². The van der Waals surface area contributed by atoms with Gasteiger partial charge in [0, 0.05) is 22.6 Å². The molecule has 4 rings (SSSR count). The summed E-state index contributed by atoms with van der Waals surface area (Å²) in [5.74, 6) is 0.401. The fraction of sp³-hybridized carbons (Fsp3) is 0. The average Bonchev–Trinajstić information content (AvgIpc) is 3.11. The summed E-state index contributed by atoms with van der Waals surface area (Å²) in [6.45, 7) is 0. The van der Waals surface area contributed by atoms with Crippen LogP contribution in [0.4, 0.5) is 5.69 Å². The van der Waals surface area contributed by atoms with E-state index in [0.717, 1.165) is 15.7 Å². The summed E-state index contributed by atoms with van der Waals surface area (Å²) in [7, 11) is 0. The van der Waals surface area contributed by atoms with Gasteiger partial charge in [0.15, 0.2) is 0 Å². The molecule has 0 amide bonds. The van der Waals surface area contributed by atoms with Crippen LogP contribution in [0.15, 0.2) is 81.4 Å². The minimum absolute atomic E-state index is 0.0256. The lowest BCUT2D eigenvalue weighted by Crippen LogP contribution is -1.87. The van der Waals surface area contributed by atoms with Gasteiger partial charge in [-0.1, -0.05) is 41.6 Å². The number of benzene rings is 3. The fourth-order valence-corrected chi connectivity index (χ4v) is 3.32. The zero-order valence-corrected chi connectivity index (χ0v) is 13.6. The molecule has 0 radical (unpaired) electrons. The second kappa shape index (κ2) is 6.37. The first-order chi connectivity index (χ1) is 12.2. The van der Waals surface area contributed by atoms with Crippen LogP contribution in [0.1, 0.15) is 0 Å². The lowest BCUT2D eigenvalue weighted by Gasteiger charge is -2.02. The molecule has 0 aliphatic rings. The Morgan fingerprint density at radius 1 is 0.960 bits per heavy atom. The molecule has 0 aliphatic heterocycles. The molecule has 1 heterocycles. The third-order valence-electron chi connectivity index (χ3n) is 3.69. The van der Waals surface area contributed by atoms with Crippen molar-refractivity contribution >= 4 is 28.2 Å². The van der Waals surface area contributed by atoms with Gasteiger partial charge < -0.3 is 4.52 Å². The molecule has 0 unspecified atom stereocenters. The normalized spacial score (nSPS) is 10.9. The van der Waals surface area contributed by atoms with Crippen LogP contribution >= 0.6 is 11.8 Å². The summed E-state index contributed by atoms with van der Waals surface area (Å²) < 4.78 is 5.32. The van der Waals surface area contributed by atoms with Gasteiger partial charge in [0.25, 0.3) is 10.9 Å². The van der Waals surface area contributed by atoms with E-state index < -0.39 is 4.92 Å². The van der Waals surface area contributed by atoms with Crippen molar-refractivity contribution < 1.29 is 9.45 Å². The molecule has 0 atom stereocenters. The summed E-state index contributed by atoms with van der Waals surface area (Å²) in [6.07, 6.45) is 0. The standard InChI is InChI=1S/C18H11N3O3S/c22-21(23)14-10-8-13(9-11-14)17-19-18(24-20-17)25-16-7-3-5-12-4-1-2-6-15(12)16/h1-11H. The molecular weight excluding hydrogens is 338 g/mol. The summed E-state index contributed by atoms with van der Waals surface area (Å²) >= 11 is 1.39. The number of hydrogen-bond donors (Lipinski definition) is 0. The predicted octanol–water partition coefficient (Wildman–Crippen LogP) is 4.95. The van der Waals surface area contributed by atoms with Gasteiger partial charge in [0.2, 0.25) is 5.82 Å². The van der Waals surface area contributed by atoms with E-state index in [9.17, 15) is 10.1 Å². The van der Waals surface area contributed by atoms with Gasteiger partial charge in [0.1, 0.15) is 0 Å². The highest BCUT2D eigenvalue weighted by Gasteiger charge is 2.13. The highest BCUT2D eigenvalue weighted by atomic mass is 32.2. The molecule has 6 nitrogen and oxygen atoms in total. The first kappa shape index (κ1) is 15.3. The molecule has 3 aromatic carbocycles. The SMILES string of the molecule is O=[N+]([O-])c1ccc(-c2noc(Sc3cccc4ccccc34)n2)cc1. The highest BCUT2D eigenvalue weighted by molar-refractivity contribution is 7.99. The molecule has 0 aliphatic carbocycles. The largest absolute Gasteiger partial charge is 0.327 e. The fourth-order valence-electron chi connectivity index (χ4n) is 2.48. The molecule has 0 fully saturated rings. The van der Waals surface area contributed by atoms with Crippen LogP contribution < -0.4 is 0 Å². The number of nitrogens with zero attached hydrogens (tertiary/aromatic N) is 3. The average molecular weight is 349 g/mol. The zero-order chi connectivity index (χ0) is 17.2. The van der Waals surface area contributed by atoms with Crippen LogP contribution in [-0.4, -0.2) is 15.1 Å². The zero-order valence-electron chi connectivity index (χ0n) is 12.8. The summed E-state index contributed by atoms with van der Waals surface area (Å²) in [6, 6.07) is 20.2. The van der Waals surface area contributed by atoms with E-state index in [2.05, 4.69) is 22.3 Å². The first-order valence-corrected chi connectivity index (χ1v) is 8.26. The number of non-ortho nitro benzene ring substituents is 1. The van der Waals surface area contributed by atoms with Crippen LogP contribution in [0.25, 0.3) is 22.2 Å². The second-order valence-corrected chi connectivity index (χ2v) is 6.26. The second-order valence-electron chi connectivity index (χ2n) is 5.27. The Balaban J connectivity index is 1.62. The Hall–Kier alpha value is -3.19. The van der Waals surface area contributed by atoms with Crippen LogP contribution in [-0.2, 0) is 0 Å². The smallest absolute Gasteiger partial charge is 0.290 e. The minimum Gasteiger partial charge on any atom is -0.327 e.